The summed E-state index contributed by atoms with van der Waals surface area (Å²) in [6.07, 6.45) is 0. The van der Waals surface area contributed by atoms with E-state index in [4.69, 9.17) is 0 Å². The van der Waals surface area contributed by atoms with Crippen LogP contribution in [0.25, 0.3) is 77.2 Å². The Morgan fingerprint density at radius 3 is 1.71 bits per heavy atom. The van der Waals surface area contributed by atoms with Crippen molar-refractivity contribution < 1.29 is 0 Å². The first-order valence-electron chi connectivity index (χ1n) is 15.9. The average molecular weight is 611 g/mol. The number of aromatic nitrogens is 2. The zero-order chi connectivity index (χ0) is 32.2. The molecule has 0 aliphatic carbocycles. The van der Waals surface area contributed by atoms with Gasteiger partial charge in [0.05, 0.1) is 45.3 Å². The Hall–Kier alpha value is -6.88. The Balaban J connectivity index is 1.40. The predicted molar refractivity (Wildman–Crippen MR) is 195 cm³/mol. The molecule has 0 saturated heterocycles. The quantitative estimate of drug-likeness (QED) is 0.199. The third-order valence-electron chi connectivity index (χ3n) is 9.39. The van der Waals surface area contributed by atoms with E-state index < -0.39 is 0 Å². The molecule has 9 aromatic rings. The highest BCUT2D eigenvalue weighted by molar-refractivity contribution is 6.20. The first kappa shape index (κ1) is 27.4. The van der Waals surface area contributed by atoms with Crippen molar-refractivity contribution in [2.24, 2.45) is 0 Å². The highest BCUT2D eigenvalue weighted by Gasteiger charge is 2.22. The van der Waals surface area contributed by atoms with Gasteiger partial charge in [-0.2, -0.15) is 10.5 Å². The lowest BCUT2D eigenvalue weighted by atomic mass is 9.91. The van der Waals surface area contributed by atoms with Crippen LogP contribution in [-0.2, 0) is 0 Å². The minimum Gasteiger partial charge on any atom is -0.309 e. The molecule has 4 nitrogen and oxygen atoms in total. The molecule has 9 rings (SSSR count). The SMILES string of the molecule is N#Cc1ccc(-c2ccc(-c3ccc4c(c3)c3ccccc3n4-c3ccccc3)c3c4ccccc4n(-c4ccccc4)c23)c(C#N)c1. The van der Waals surface area contributed by atoms with Crippen LogP contribution >= 0.6 is 0 Å². The summed E-state index contributed by atoms with van der Waals surface area (Å²) < 4.78 is 4.64. The van der Waals surface area contributed by atoms with Crippen molar-refractivity contribution in [3.63, 3.8) is 0 Å². The summed E-state index contributed by atoms with van der Waals surface area (Å²) in [5.41, 5.74) is 11.5. The summed E-state index contributed by atoms with van der Waals surface area (Å²) in [5, 5.41) is 24.5. The number of hydrogen-bond donors (Lipinski definition) is 0. The number of nitriles is 2. The van der Waals surface area contributed by atoms with Crippen molar-refractivity contribution in [3.8, 4) is 45.8 Å². The first-order chi connectivity index (χ1) is 23.7. The molecule has 0 N–H and O–H groups in total. The van der Waals surface area contributed by atoms with Crippen molar-refractivity contribution in [2.45, 2.75) is 0 Å². The maximum atomic E-state index is 10.2. The maximum Gasteiger partial charge on any atom is 0.0998 e. The number of nitrogens with zero attached hydrogens (tertiary/aromatic N) is 4. The van der Waals surface area contributed by atoms with Crippen molar-refractivity contribution in [1.82, 2.24) is 9.13 Å². The van der Waals surface area contributed by atoms with Gasteiger partial charge in [-0.1, -0.05) is 97.1 Å². The molecule has 222 valence electrons. The molecule has 4 heteroatoms. The summed E-state index contributed by atoms with van der Waals surface area (Å²) >= 11 is 0. The van der Waals surface area contributed by atoms with Gasteiger partial charge in [-0.15, -0.1) is 0 Å². The zero-order valence-corrected chi connectivity index (χ0v) is 25.8. The van der Waals surface area contributed by atoms with Gasteiger partial charge < -0.3 is 9.13 Å². The molecule has 0 radical (unpaired) electrons. The molecular formula is C44H26N4. The first-order valence-corrected chi connectivity index (χ1v) is 15.9. The Labute approximate surface area is 277 Å². The third kappa shape index (κ3) is 4.07. The van der Waals surface area contributed by atoms with Crippen LogP contribution in [0.3, 0.4) is 0 Å². The van der Waals surface area contributed by atoms with Gasteiger partial charge in [0.15, 0.2) is 0 Å². The number of para-hydroxylation sites is 4. The summed E-state index contributed by atoms with van der Waals surface area (Å²) in [6.45, 7) is 0. The lowest BCUT2D eigenvalue weighted by Crippen LogP contribution is -1.97. The van der Waals surface area contributed by atoms with Crippen LogP contribution in [0.5, 0.6) is 0 Å². The average Bonchev–Trinajstić information content (AvgIpc) is 3.68. The second kappa shape index (κ2) is 10.9. The van der Waals surface area contributed by atoms with Crippen molar-refractivity contribution in [2.75, 3.05) is 0 Å². The van der Waals surface area contributed by atoms with E-state index in [-0.39, 0.29) is 0 Å². The number of fused-ring (bicyclic) bond motifs is 6. The fourth-order valence-electron chi connectivity index (χ4n) is 7.34. The number of hydrogen-bond acceptors (Lipinski definition) is 2. The molecule has 2 aromatic heterocycles. The van der Waals surface area contributed by atoms with Gasteiger partial charge in [0.25, 0.3) is 0 Å². The van der Waals surface area contributed by atoms with Crippen LogP contribution in [0, 0.1) is 22.7 Å². The van der Waals surface area contributed by atoms with Crippen LogP contribution in [0.2, 0.25) is 0 Å². The van der Waals surface area contributed by atoms with E-state index in [1.807, 2.05) is 18.2 Å². The van der Waals surface area contributed by atoms with Crippen LogP contribution in [0.15, 0.2) is 158 Å². The zero-order valence-electron chi connectivity index (χ0n) is 25.8. The normalized spacial score (nSPS) is 11.3. The van der Waals surface area contributed by atoms with E-state index in [0.717, 1.165) is 61.0 Å². The Morgan fingerprint density at radius 2 is 1.00 bits per heavy atom. The van der Waals surface area contributed by atoms with E-state index in [1.165, 1.54) is 16.3 Å². The smallest absolute Gasteiger partial charge is 0.0998 e. The lowest BCUT2D eigenvalue weighted by molar-refractivity contribution is 1.18. The molecule has 7 aromatic carbocycles. The topological polar surface area (TPSA) is 57.4 Å². The highest BCUT2D eigenvalue weighted by atomic mass is 15.0. The molecule has 0 amide bonds. The second-order valence-electron chi connectivity index (χ2n) is 12.0. The molecule has 0 aliphatic heterocycles. The van der Waals surface area contributed by atoms with Crippen LogP contribution in [0.1, 0.15) is 11.1 Å². The van der Waals surface area contributed by atoms with E-state index in [9.17, 15) is 10.5 Å². The fourth-order valence-corrected chi connectivity index (χ4v) is 7.34. The molecule has 0 atom stereocenters. The maximum absolute atomic E-state index is 10.2. The molecular weight excluding hydrogens is 585 g/mol. The van der Waals surface area contributed by atoms with E-state index in [2.05, 4.69) is 149 Å². The van der Waals surface area contributed by atoms with Gasteiger partial charge in [0.1, 0.15) is 0 Å². The van der Waals surface area contributed by atoms with Crippen molar-refractivity contribution >= 4 is 43.6 Å². The van der Waals surface area contributed by atoms with E-state index in [1.54, 1.807) is 12.1 Å². The van der Waals surface area contributed by atoms with Gasteiger partial charge >= 0.3 is 0 Å². The molecule has 48 heavy (non-hydrogen) atoms. The van der Waals surface area contributed by atoms with Gasteiger partial charge in [-0.05, 0) is 71.8 Å². The second-order valence-corrected chi connectivity index (χ2v) is 12.0. The largest absolute Gasteiger partial charge is 0.309 e. The van der Waals surface area contributed by atoms with Gasteiger partial charge in [0.2, 0.25) is 0 Å². The Kier molecular flexibility index (Phi) is 6.22. The molecule has 0 saturated carbocycles. The monoisotopic (exact) mass is 610 g/mol. The fraction of sp³-hybridized carbons (Fsp3) is 0. The Bertz CT molecular complexity index is 2790. The van der Waals surface area contributed by atoms with Crippen molar-refractivity contribution in [3.05, 3.63) is 169 Å². The summed E-state index contributed by atoms with van der Waals surface area (Å²) in [5.74, 6) is 0. The molecule has 0 bridgehead atoms. The minimum absolute atomic E-state index is 0.467. The molecule has 0 aliphatic rings. The third-order valence-corrected chi connectivity index (χ3v) is 9.39. The van der Waals surface area contributed by atoms with Crippen LogP contribution in [-0.4, -0.2) is 9.13 Å². The van der Waals surface area contributed by atoms with Gasteiger partial charge in [-0.25, -0.2) is 0 Å². The molecule has 0 fully saturated rings. The summed E-state index contributed by atoms with van der Waals surface area (Å²) in [7, 11) is 0. The van der Waals surface area contributed by atoms with E-state index in [0.29, 0.717) is 11.1 Å². The highest BCUT2D eigenvalue weighted by Crippen LogP contribution is 2.45. The predicted octanol–water partition coefficient (Wildman–Crippen LogP) is 11.0. The Morgan fingerprint density at radius 1 is 0.417 bits per heavy atom. The number of rotatable bonds is 4. The van der Waals surface area contributed by atoms with Gasteiger partial charge in [-0.3, -0.25) is 0 Å². The minimum atomic E-state index is 0.467. The summed E-state index contributed by atoms with van der Waals surface area (Å²) in [6, 6.07) is 59.1. The van der Waals surface area contributed by atoms with Gasteiger partial charge in [0, 0.05) is 44.0 Å². The summed E-state index contributed by atoms with van der Waals surface area (Å²) in [4.78, 5) is 0. The van der Waals surface area contributed by atoms with E-state index >= 15 is 0 Å². The number of benzene rings is 7. The van der Waals surface area contributed by atoms with Crippen LogP contribution < -0.4 is 0 Å². The standard InChI is InChI=1S/C44H26N4/c45-27-29-19-21-34(31(25-29)28-46)37-23-22-35(43-38-16-8-10-18-41(38)48(44(37)43)33-13-5-2-6-14-33)30-20-24-42-39(26-30)36-15-7-9-17-40(36)47(42)32-11-3-1-4-12-32/h1-26H. The van der Waals surface area contributed by atoms with Crippen LogP contribution in [0.4, 0.5) is 0 Å². The molecule has 2 heterocycles. The molecule has 0 unspecified atom stereocenters. The lowest BCUT2D eigenvalue weighted by Gasteiger charge is -2.15. The molecule has 0 spiro atoms. The van der Waals surface area contributed by atoms with Crippen molar-refractivity contribution in [1.29, 1.82) is 10.5 Å².